The molecule has 8 nitrogen and oxygen atoms in total. The van der Waals surface area contributed by atoms with Gasteiger partial charge < -0.3 is 14.4 Å². The highest BCUT2D eigenvalue weighted by Gasteiger charge is 2.43. The van der Waals surface area contributed by atoms with E-state index in [9.17, 15) is 0 Å². The molecule has 13 aromatic carbocycles. The summed E-state index contributed by atoms with van der Waals surface area (Å²) in [6.45, 7) is -0.0123. The summed E-state index contributed by atoms with van der Waals surface area (Å²) in [6.07, 6.45) is 0. The molecule has 0 aliphatic carbocycles. The summed E-state index contributed by atoms with van der Waals surface area (Å²) in [5.41, 5.74) is 22.6. The molecule has 19 rings (SSSR count). The van der Waals surface area contributed by atoms with Gasteiger partial charge in [0.2, 0.25) is 0 Å². The molecule has 0 N–H and O–H groups in total. The fourth-order valence-corrected chi connectivity index (χ4v) is 15.8. The molecule has 0 bridgehead atoms. The maximum absolute atomic E-state index is 5.70. The van der Waals surface area contributed by atoms with E-state index in [2.05, 4.69) is 293 Å². The summed E-state index contributed by atoms with van der Waals surface area (Å²) >= 11 is 1.85. The van der Waals surface area contributed by atoms with E-state index in [0.29, 0.717) is 23.3 Å². The Labute approximate surface area is 552 Å². The lowest BCUT2D eigenvalue weighted by Crippen LogP contribution is -2.61. The van der Waals surface area contributed by atoms with Crippen molar-refractivity contribution in [3.8, 4) is 84.9 Å². The zero-order valence-corrected chi connectivity index (χ0v) is 52.0. The van der Waals surface area contributed by atoms with Crippen LogP contribution in [0.4, 0.5) is 34.1 Å². The molecule has 0 saturated carbocycles. The lowest BCUT2D eigenvalue weighted by Gasteiger charge is -2.44. The van der Waals surface area contributed by atoms with Gasteiger partial charge in [-0.3, -0.25) is 0 Å². The van der Waals surface area contributed by atoms with Crippen molar-refractivity contribution in [1.29, 1.82) is 0 Å². The fourth-order valence-electron chi connectivity index (χ4n) is 14.6. The van der Waals surface area contributed by atoms with Gasteiger partial charge in [-0.15, -0.1) is 11.3 Å². The predicted octanol–water partition coefficient (Wildman–Crippen LogP) is 19.9. The summed E-state index contributed by atoms with van der Waals surface area (Å²) < 4.78 is 4.93. The first kappa shape index (κ1) is 54.4. The molecule has 95 heavy (non-hydrogen) atoms. The normalized spacial score (nSPS) is 12.4. The Morgan fingerprint density at radius 1 is 0.284 bits per heavy atom. The second kappa shape index (κ2) is 22.2. The lowest BCUT2D eigenvalue weighted by molar-refractivity contribution is 1.06. The van der Waals surface area contributed by atoms with Crippen LogP contribution in [0.25, 0.3) is 127 Å². The van der Waals surface area contributed by atoms with Crippen LogP contribution in [0.1, 0.15) is 0 Å². The van der Waals surface area contributed by atoms with Gasteiger partial charge in [0.1, 0.15) is 0 Å². The summed E-state index contributed by atoms with van der Waals surface area (Å²) in [5, 5.41) is 4.89. The number of hydrogen-bond acceptors (Lipinski definition) is 8. The van der Waals surface area contributed by atoms with Crippen LogP contribution in [0.15, 0.2) is 322 Å². The maximum Gasteiger partial charge on any atom is 0.252 e. The molecule has 442 valence electrons. The minimum atomic E-state index is -0.0123. The Morgan fingerprint density at radius 3 is 1.44 bits per heavy atom. The number of anilines is 6. The van der Waals surface area contributed by atoms with Crippen molar-refractivity contribution >= 4 is 111 Å². The molecule has 4 aromatic heterocycles. The van der Waals surface area contributed by atoms with Crippen LogP contribution in [0.3, 0.4) is 0 Å². The smallest absolute Gasteiger partial charge is 0.252 e. The first-order valence-corrected chi connectivity index (χ1v) is 32.9. The van der Waals surface area contributed by atoms with Crippen LogP contribution in [-0.4, -0.2) is 36.2 Å². The second-order valence-electron chi connectivity index (χ2n) is 24.3. The van der Waals surface area contributed by atoms with Gasteiger partial charge in [0, 0.05) is 98.4 Å². The fraction of sp³-hybridized carbons (Fsp3) is 0. The third-order valence-corrected chi connectivity index (χ3v) is 20.0. The van der Waals surface area contributed by atoms with E-state index in [1.807, 2.05) is 53.8 Å². The Balaban J connectivity index is 0.847. The third-order valence-electron chi connectivity index (χ3n) is 18.8. The van der Waals surface area contributed by atoms with E-state index in [0.717, 1.165) is 107 Å². The molecular formula is C85H53BN8S. The van der Waals surface area contributed by atoms with Gasteiger partial charge in [0.15, 0.2) is 23.3 Å². The van der Waals surface area contributed by atoms with Crippen molar-refractivity contribution in [3.05, 3.63) is 322 Å². The zero-order valence-electron chi connectivity index (χ0n) is 51.2. The molecule has 0 radical (unpaired) electrons. The minimum Gasteiger partial charge on any atom is -0.311 e. The van der Waals surface area contributed by atoms with Crippen molar-refractivity contribution in [3.63, 3.8) is 0 Å². The summed E-state index contributed by atoms with van der Waals surface area (Å²) in [4.78, 5) is 32.2. The molecule has 17 aromatic rings. The number of rotatable bonds is 10. The number of para-hydroxylation sites is 5. The Kier molecular flexibility index (Phi) is 12.7. The number of hydrogen-bond donors (Lipinski definition) is 0. The SMILES string of the molecule is c1ccc(-c2cc(-c3ccc(-n4c5ccccc5c5c6sc7ccccc7c6ccc54)c(-c4nc(-c5ccccc5)nc(-c5cccc(-c6cc7c8c(c6)N(c6ccccc6)c6ccccc6B8c6ccccc6N7c6ccccc6)c5)n4)c3)nc(-c3ccccc3)n2)cc1. The van der Waals surface area contributed by atoms with Crippen LogP contribution < -0.4 is 26.2 Å². The van der Waals surface area contributed by atoms with E-state index in [-0.39, 0.29) is 6.71 Å². The van der Waals surface area contributed by atoms with E-state index >= 15 is 0 Å². The van der Waals surface area contributed by atoms with Crippen LogP contribution in [0, 0.1) is 0 Å². The third kappa shape index (κ3) is 9.02. The quantitative estimate of drug-likeness (QED) is 0.126. The Morgan fingerprint density at radius 2 is 0.789 bits per heavy atom. The van der Waals surface area contributed by atoms with E-state index in [1.54, 1.807) is 0 Å². The van der Waals surface area contributed by atoms with Gasteiger partial charge in [0.25, 0.3) is 6.71 Å². The summed E-state index contributed by atoms with van der Waals surface area (Å²) in [6, 6.07) is 115. The van der Waals surface area contributed by atoms with Crippen LogP contribution >= 0.6 is 11.3 Å². The van der Waals surface area contributed by atoms with Crippen molar-refractivity contribution in [2.24, 2.45) is 0 Å². The molecule has 0 saturated heterocycles. The van der Waals surface area contributed by atoms with E-state index in [4.69, 9.17) is 24.9 Å². The van der Waals surface area contributed by atoms with Crippen LogP contribution in [0.2, 0.25) is 0 Å². The standard InChI is InChI=1S/C85H53BN8S/c1-6-25-54(26-7-1)69-53-70(88-82(87-69)55-27-8-2-9-28-55)58-45-47-72(94-71-41-20-16-38-65(71)79-75(94)48-46-64-63-37-17-23-44-78(63)95-81(64)79)66(50-58)85-90-83(56-29-10-3-11-30-56)89-84(91-85)59-32-24-31-57(49-59)60-51-76-80-77(52-60)93(62-35-14-5-15-36-62)74-43-22-19-40-68(74)86(80)67-39-18-21-42-73(67)92(76)61-33-12-4-13-34-61/h1-53H. The monoisotopic (exact) mass is 1230 g/mol. The average molecular weight is 1230 g/mol. The van der Waals surface area contributed by atoms with Gasteiger partial charge in [-0.1, -0.05) is 231 Å². The minimum absolute atomic E-state index is 0.0123. The largest absolute Gasteiger partial charge is 0.311 e. The number of aromatic nitrogens is 6. The molecule has 0 unspecified atom stereocenters. The second-order valence-corrected chi connectivity index (χ2v) is 25.3. The molecule has 2 aliphatic rings. The zero-order chi connectivity index (χ0) is 62.5. The molecule has 0 fully saturated rings. The van der Waals surface area contributed by atoms with Crippen molar-refractivity contribution in [2.75, 3.05) is 9.80 Å². The van der Waals surface area contributed by atoms with Crippen LogP contribution in [-0.2, 0) is 0 Å². The highest BCUT2D eigenvalue weighted by atomic mass is 32.1. The summed E-state index contributed by atoms with van der Waals surface area (Å²) in [7, 11) is 0. The Hall–Kier alpha value is -12.4. The van der Waals surface area contributed by atoms with Gasteiger partial charge in [-0.2, -0.15) is 0 Å². The van der Waals surface area contributed by atoms with Gasteiger partial charge in [-0.05, 0) is 119 Å². The van der Waals surface area contributed by atoms with Crippen LogP contribution in [0.5, 0.6) is 0 Å². The molecule has 2 aliphatic heterocycles. The van der Waals surface area contributed by atoms with Crippen molar-refractivity contribution in [1.82, 2.24) is 29.5 Å². The first-order valence-electron chi connectivity index (χ1n) is 32.1. The Bertz CT molecular complexity index is 5710. The number of thiophene rings is 1. The molecule has 6 heterocycles. The maximum atomic E-state index is 5.70. The van der Waals surface area contributed by atoms with Crippen molar-refractivity contribution < 1.29 is 0 Å². The molecule has 0 amide bonds. The van der Waals surface area contributed by atoms with E-state index in [1.165, 1.54) is 47.3 Å². The highest BCUT2D eigenvalue weighted by Crippen LogP contribution is 2.48. The average Bonchev–Trinajstić information content (AvgIpc) is 0.949. The molecule has 0 spiro atoms. The van der Waals surface area contributed by atoms with Gasteiger partial charge in [-0.25, -0.2) is 24.9 Å². The first-order chi connectivity index (χ1) is 47.1. The molecule has 0 atom stereocenters. The molecule has 10 heteroatoms. The van der Waals surface area contributed by atoms with E-state index < -0.39 is 0 Å². The highest BCUT2D eigenvalue weighted by molar-refractivity contribution is 7.26. The molecular weight excluding hydrogens is 1180 g/mol. The van der Waals surface area contributed by atoms with Crippen molar-refractivity contribution in [2.45, 2.75) is 0 Å². The topological polar surface area (TPSA) is 75.9 Å². The van der Waals surface area contributed by atoms with Gasteiger partial charge >= 0.3 is 0 Å². The number of nitrogens with zero attached hydrogens (tertiary/aromatic N) is 8. The predicted molar refractivity (Wildman–Crippen MR) is 395 cm³/mol. The number of fused-ring (bicyclic) bond motifs is 11. The summed E-state index contributed by atoms with van der Waals surface area (Å²) in [5.74, 6) is 2.25. The lowest BCUT2D eigenvalue weighted by atomic mass is 9.33. The van der Waals surface area contributed by atoms with Gasteiger partial charge in [0.05, 0.1) is 28.1 Å². The number of benzene rings is 13.